The molecule has 0 radical (unpaired) electrons. The van der Waals surface area contributed by atoms with E-state index < -0.39 is 19.7 Å². The lowest BCUT2D eigenvalue weighted by molar-refractivity contribution is -0.881. The van der Waals surface area contributed by atoms with E-state index in [0.29, 0.717) is 11.1 Å². The van der Waals surface area contributed by atoms with E-state index in [1.165, 1.54) is 97.0 Å². The van der Waals surface area contributed by atoms with Crippen molar-refractivity contribution in [2.45, 2.75) is 128 Å². The Morgan fingerprint density at radius 2 is 1.33 bits per heavy atom. The lowest BCUT2D eigenvalue weighted by atomic mass is 10.0. The van der Waals surface area contributed by atoms with Crippen molar-refractivity contribution < 1.29 is 37.6 Å². The number of rotatable bonds is 22. The second-order valence-electron chi connectivity index (χ2n) is 11.5. The van der Waals surface area contributed by atoms with Gasteiger partial charge >= 0.3 is 0 Å². The van der Waals surface area contributed by atoms with E-state index in [1.54, 1.807) is 0 Å². The van der Waals surface area contributed by atoms with Gasteiger partial charge in [-0.05, 0) is 6.42 Å². The standard InChI is InChI=1S/C27H56NO7P/c1-6-7-8-9-10-11-12-13-14-15-16-17-18-19-20-21-25-22-34-26(23-33-25)27(32-5,24-28(2,3)4)35-36(29,30)31/h25-26H,6-24H2,1-5H3,(H-,29,30,31)/t25-,26-,27?/m1/s1. The molecule has 36 heavy (non-hydrogen) atoms. The highest BCUT2D eigenvalue weighted by Crippen LogP contribution is 2.41. The Hall–Kier alpha value is -0.0500. The summed E-state index contributed by atoms with van der Waals surface area (Å²) in [5.41, 5.74) is 0. The van der Waals surface area contributed by atoms with E-state index in [-0.39, 0.29) is 19.3 Å². The molecular formula is C27H56NO7P. The third-order valence-electron chi connectivity index (χ3n) is 6.90. The average Bonchev–Trinajstić information content (AvgIpc) is 2.79. The maximum absolute atomic E-state index is 11.5. The summed E-state index contributed by atoms with van der Waals surface area (Å²) in [4.78, 5) is 20.9. The molecule has 0 aromatic rings. The van der Waals surface area contributed by atoms with Gasteiger partial charge in [0.15, 0.2) is 0 Å². The highest BCUT2D eigenvalue weighted by atomic mass is 31.2. The van der Waals surface area contributed by atoms with Gasteiger partial charge < -0.3 is 28.5 Å². The van der Waals surface area contributed by atoms with Crippen LogP contribution >= 0.6 is 7.82 Å². The fourth-order valence-corrected chi connectivity index (χ4v) is 5.63. The molecule has 1 N–H and O–H groups in total. The fraction of sp³-hybridized carbons (Fsp3) is 1.00. The van der Waals surface area contributed by atoms with Crippen molar-refractivity contribution in [1.82, 2.24) is 0 Å². The van der Waals surface area contributed by atoms with Crippen LogP contribution in [0.3, 0.4) is 0 Å². The minimum atomic E-state index is -5.04. The van der Waals surface area contributed by atoms with Crippen LogP contribution in [0.4, 0.5) is 0 Å². The van der Waals surface area contributed by atoms with Gasteiger partial charge in [0.05, 0.1) is 40.5 Å². The molecule has 0 spiro atoms. The average molecular weight is 538 g/mol. The van der Waals surface area contributed by atoms with Crippen LogP contribution in [0.25, 0.3) is 0 Å². The molecule has 2 unspecified atom stereocenters. The zero-order valence-electron chi connectivity index (χ0n) is 23.9. The van der Waals surface area contributed by atoms with E-state index in [0.717, 1.165) is 12.8 Å². The highest BCUT2D eigenvalue weighted by Gasteiger charge is 2.50. The van der Waals surface area contributed by atoms with Crippen LogP contribution in [0.5, 0.6) is 0 Å². The summed E-state index contributed by atoms with van der Waals surface area (Å²) >= 11 is 0. The van der Waals surface area contributed by atoms with Crippen LogP contribution in [-0.4, -0.2) is 75.4 Å². The normalized spacial score (nSPS) is 22.3. The van der Waals surface area contributed by atoms with Crippen molar-refractivity contribution >= 4 is 7.82 Å². The minimum Gasteiger partial charge on any atom is -0.756 e. The Bertz CT molecular complexity index is 587. The molecule has 0 aromatic carbocycles. The molecule has 216 valence electrons. The molecule has 4 atom stereocenters. The van der Waals surface area contributed by atoms with Crippen molar-refractivity contribution in [3.63, 3.8) is 0 Å². The van der Waals surface area contributed by atoms with Gasteiger partial charge in [-0.3, -0.25) is 9.09 Å². The Morgan fingerprint density at radius 3 is 1.69 bits per heavy atom. The number of phosphoric ester groups is 1. The topological polar surface area (TPSA) is 97.3 Å². The van der Waals surface area contributed by atoms with Gasteiger partial charge in [0, 0.05) is 7.11 Å². The predicted molar refractivity (Wildman–Crippen MR) is 143 cm³/mol. The van der Waals surface area contributed by atoms with E-state index >= 15 is 0 Å². The molecule has 0 aromatic heterocycles. The molecule has 1 aliphatic rings. The molecule has 0 amide bonds. The van der Waals surface area contributed by atoms with Crippen molar-refractivity contribution in [3.05, 3.63) is 0 Å². The molecule has 8 nitrogen and oxygen atoms in total. The number of phosphoric acid groups is 1. The quantitative estimate of drug-likeness (QED) is 0.0836. The van der Waals surface area contributed by atoms with Gasteiger partial charge in [-0.2, -0.15) is 0 Å². The smallest absolute Gasteiger partial charge is 0.268 e. The Labute approximate surface area is 221 Å². The summed E-state index contributed by atoms with van der Waals surface area (Å²) in [6, 6.07) is 0. The number of likely N-dealkylation sites (N-methyl/N-ethyl adjacent to an activating group) is 1. The summed E-state index contributed by atoms with van der Waals surface area (Å²) in [6.07, 6.45) is 20.2. The maximum atomic E-state index is 11.5. The summed E-state index contributed by atoms with van der Waals surface area (Å²) in [5, 5.41) is 0. The van der Waals surface area contributed by atoms with E-state index in [9.17, 15) is 14.4 Å². The lowest BCUT2D eigenvalue weighted by Crippen LogP contribution is -2.61. The number of quaternary nitrogens is 1. The largest absolute Gasteiger partial charge is 0.756 e. The van der Waals surface area contributed by atoms with Crippen LogP contribution in [0.1, 0.15) is 110 Å². The van der Waals surface area contributed by atoms with Crippen molar-refractivity contribution in [2.24, 2.45) is 0 Å². The molecule has 0 bridgehead atoms. The Morgan fingerprint density at radius 1 is 0.861 bits per heavy atom. The first-order valence-corrected chi connectivity index (χ1v) is 15.8. The monoisotopic (exact) mass is 537 g/mol. The number of nitrogens with zero attached hydrogens (tertiary/aromatic N) is 1. The van der Waals surface area contributed by atoms with Gasteiger partial charge in [0.2, 0.25) is 0 Å². The maximum Gasteiger partial charge on any atom is 0.268 e. The van der Waals surface area contributed by atoms with Crippen molar-refractivity contribution in [3.8, 4) is 0 Å². The van der Waals surface area contributed by atoms with Crippen LogP contribution in [0.15, 0.2) is 0 Å². The highest BCUT2D eigenvalue weighted by molar-refractivity contribution is 7.44. The summed E-state index contributed by atoms with van der Waals surface area (Å²) in [7, 11) is 1.97. The van der Waals surface area contributed by atoms with Gasteiger partial charge in [-0.1, -0.05) is 103 Å². The molecular weight excluding hydrogens is 481 g/mol. The third-order valence-corrected chi connectivity index (χ3v) is 7.44. The first-order valence-electron chi connectivity index (χ1n) is 14.3. The molecule has 0 saturated carbocycles. The van der Waals surface area contributed by atoms with Gasteiger partial charge in [0.25, 0.3) is 13.6 Å². The summed E-state index contributed by atoms with van der Waals surface area (Å²) in [6.45, 7) is 2.93. The summed E-state index contributed by atoms with van der Waals surface area (Å²) in [5.74, 6) is -1.65. The van der Waals surface area contributed by atoms with Crippen LogP contribution < -0.4 is 4.89 Å². The third kappa shape index (κ3) is 16.0. The summed E-state index contributed by atoms with van der Waals surface area (Å²) < 4.78 is 34.3. The number of hydrogen-bond donors (Lipinski definition) is 1. The molecule has 1 heterocycles. The van der Waals surface area contributed by atoms with Gasteiger partial charge in [-0.25, -0.2) is 0 Å². The Balaban J connectivity index is 2.15. The second kappa shape index (κ2) is 18.3. The first kappa shape index (κ1) is 34.0. The predicted octanol–water partition coefficient (Wildman–Crippen LogP) is 5.56. The van der Waals surface area contributed by atoms with E-state index in [1.807, 2.05) is 21.1 Å². The molecule has 1 saturated heterocycles. The zero-order valence-corrected chi connectivity index (χ0v) is 24.8. The zero-order chi connectivity index (χ0) is 26.9. The van der Waals surface area contributed by atoms with Gasteiger partial charge in [0.1, 0.15) is 12.6 Å². The number of ether oxygens (including phenoxy) is 3. The van der Waals surface area contributed by atoms with Crippen molar-refractivity contribution in [2.75, 3.05) is 48.0 Å². The van der Waals surface area contributed by atoms with Crippen LogP contribution in [0, 0.1) is 0 Å². The van der Waals surface area contributed by atoms with E-state index in [4.69, 9.17) is 18.7 Å². The SMILES string of the molecule is CCCCCCCCCCCCCCCCC[C@@H]1CO[C@@H](C(C[N+](C)(C)C)(OC)OP(=O)([O-])O)CO1. The molecule has 0 aliphatic carbocycles. The number of methoxy groups -OCH3 is 1. The Kier molecular flexibility index (Phi) is 17.2. The molecule has 1 fully saturated rings. The van der Waals surface area contributed by atoms with Crippen LogP contribution in [-0.2, 0) is 23.3 Å². The van der Waals surface area contributed by atoms with E-state index in [2.05, 4.69) is 6.92 Å². The first-order chi connectivity index (χ1) is 17.0. The van der Waals surface area contributed by atoms with Crippen molar-refractivity contribution in [1.29, 1.82) is 0 Å². The molecule has 1 rings (SSSR count). The molecule has 9 heteroatoms. The number of hydrogen-bond acceptors (Lipinski definition) is 6. The van der Waals surface area contributed by atoms with Gasteiger partial charge in [-0.15, -0.1) is 0 Å². The lowest BCUT2D eigenvalue weighted by Gasteiger charge is -2.45. The minimum absolute atomic E-state index is 0.0184. The number of unbranched alkanes of at least 4 members (excludes halogenated alkanes) is 14. The molecule has 1 aliphatic heterocycles. The van der Waals surface area contributed by atoms with Crippen LogP contribution in [0.2, 0.25) is 0 Å². The fourth-order valence-electron chi connectivity index (χ4n) is 4.99. The second-order valence-corrected chi connectivity index (χ2v) is 12.7.